The van der Waals surface area contributed by atoms with Crippen LogP contribution in [0.15, 0.2) is 30.3 Å². The second-order valence-electron chi connectivity index (χ2n) is 2.44. The summed E-state index contributed by atoms with van der Waals surface area (Å²) in [6.45, 7) is 0. The Morgan fingerprint density at radius 3 is 1.62 bits per heavy atom. The number of hydrogen-bond donors (Lipinski definition) is 0. The Labute approximate surface area is 119 Å². The van der Waals surface area contributed by atoms with E-state index in [4.69, 9.17) is 0 Å². The molecule has 0 fully saturated rings. The molecule has 0 bridgehead atoms. The van der Waals surface area contributed by atoms with Crippen LogP contribution < -0.4 is 0 Å². The molecule has 0 radical (unpaired) electrons. The molecule has 0 atom stereocenters. The fourth-order valence-electron chi connectivity index (χ4n) is 0.811. The normalized spacial score (nSPS) is 13.0. The Hall–Kier alpha value is 1.62. The predicted molar refractivity (Wildman–Crippen MR) is 75.5 cm³/mol. The lowest BCUT2D eigenvalue weighted by Gasteiger charge is -2.29. The Balaban J connectivity index is 3.08. The highest BCUT2D eigenvalue weighted by atomic mass is 80.0. The van der Waals surface area contributed by atoms with Crippen molar-refractivity contribution in [2.75, 3.05) is 0 Å². The molecule has 0 heterocycles. The summed E-state index contributed by atoms with van der Waals surface area (Å²) in [4.78, 5) is 0. The van der Waals surface area contributed by atoms with Crippen molar-refractivity contribution >= 4 is 79.6 Å². The van der Waals surface area contributed by atoms with Crippen LogP contribution >= 0.6 is 79.6 Å². The second kappa shape index (κ2) is 4.64. The van der Waals surface area contributed by atoms with Gasteiger partial charge in [-0.1, -0.05) is 110 Å². The van der Waals surface area contributed by atoms with E-state index in [0.717, 1.165) is 5.56 Å². The maximum absolute atomic E-state index is 3.59. The minimum Gasteiger partial charge on any atom is -0.0639 e. The van der Waals surface area contributed by atoms with E-state index >= 15 is 0 Å². The summed E-state index contributed by atoms with van der Waals surface area (Å²) in [5, 5.41) is 0. The number of halogens is 5. The molecule has 5 heteroatoms. The molecule has 72 valence electrons. The fraction of sp³-hybridized carbons (Fsp3) is 0.250. The molecule has 0 aliphatic carbocycles. The average Bonchev–Trinajstić information content (AvgIpc) is 2.04. The summed E-state index contributed by atoms with van der Waals surface area (Å²) in [5.74, 6) is 0. The highest BCUT2D eigenvalue weighted by Gasteiger charge is 2.44. The summed E-state index contributed by atoms with van der Waals surface area (Å²) < 4.78 is -0.824. The molecule has 0 spiro atoms. The van der Waals surface area contributed by atoms with Gasteiger partial charge in [0.2, 0.25) is 0 Å². The van der Waals surface area contributed by atoms with Gasteiger partial charge in [0.15, 0.2) is 2.14 Å². The van der Waals surface area contributed by atoms with Gasteiger partial charge in [0, 0.05) is 0 Å². The second-order valence-corrected chi connectivity index (χ2v) is 12.6. The zero-order valence-electron chi connectivity index (χ0n) is 6.28. The first-order valence-electron chi connectivity index (χ1n) is 3.36. The zero-order chi connectivity index (χ0) is 10.1. The summed E-state index contributed by atoms with van der Waals surface area (Å²) in [7, 11) is 0. The van der Waals surface area contributed by atoms with Crippen LogP contribution in [0.25, 0.3) is 0 Å². The molecule has 0 amide bonds. The maximum Gasteiger partial charge on any atom is 0.163 e. The molecule has 1 aromatic carbocycles. The molecule has 0 aliphatic rings. The summed E-state index contributed by atoms with van der Waals surface area (Å²) >= 11 is 17.6. The minimum atomic E-state index is -0.429. The van der Waals surface area contributed by atoms with Gasteiger partial charge < -0.3 is 0 Å². The summed E-state index contributed by atoms with van der Waals surface area (Å²) in [5.41, 5.74) is 1.11. The van der Waals surface area contributed by atoms with Crippen LogP contribution in [0.4, 0.5) is 0 Å². The minimum absolute atomic E-state index is 0.395. The van der Waals surface area contributed by atoms with Crippen LogP contribution in [0.1, 0.15) is 5.56 Å². The Bertz CT molecular complexity index is 274. The van der Waals surface area contributed by atoms with E-state index in [-0.39, 0.29) is 0 Å². The van der Waals surface area contributed by atoms with Crippen LogP contribution in [0, 0.1) is 0 Å². The van der Waals surface area contributed by atoms with Crippen molar-refractivity contribution in [3.63, 3.8) is 0 Å². The third kappa shape index (κ3) is 3.03. The largest absolute Gasteiger partial charge is 0.163 e. The molecule has 0 aliphatic heterocycles. The quantitative estimate of drug-likeness (QED) is 0.449. The molecule has 0 saturated heterocycles. The number of rotatable bonds is 1. The standard InChI is InChI=1S/C8H5Br5/c9-7(10,8(11,12)13)6-4-2-1-3-5-6/h1-5H. The molecule has 0 N–H and O–H groups in total. The Morgan fingerprint density at radius 2 is 1.23 bits per heavy atom. The molecule has 13 heavy (non-hydrogen) atoms. The van der Waals surface area contributed by atoms with Gasteiger partial charge in [-0.25, -0.2) is 0 Å². The smallest absolute Gasteiger partial charge is 0.0639 e. The SMILES string of the molecule is BrC(Br)(Br)C(Br)(Br)c1ccccc1. The lowest BCUT2D eigenvalue weighted by molar-refractivity contribution is 1.02. The van der Waals surface area contributed by atoms with Crippen LogP contribution in [-0.4, -0.2) is 2.14 Å². The van der Waals surface area contributed by atoms with E-state index in [1.54, 1.807) is 0 Å². The molecule has 1 aromatic rings. The molecule has 1 rings (SSSR count). The highest BCUT2D eigenvalue weighted by molar-refractivity contribution is 9.41. The Kier molecular flexibility index (Phi) is 4.53. The average molecular weight is 501 g/mol. The first-order chi connectivity index (χ1) is 5.86. The lowest BCUT2D eigenvalue weighted by Crippen LogP contribution is -2.25. The summed E-state index contributed by atoms with van der Waals surface area (Å²) in [6.07, 6.45) is 0. The predicted octanol–water partition coefficient (Wildman–Crippen LogP) is 5.47. The monoisotopic (exact) mass is 496 g/mol. The van der Waals surface area contributed by atoms with E-state index in [9.17, 15) is 0 Å². The molecule has 0 saturated carbocycles. The number of benzene rings is 1. The molecule has 0 aromatic heterocycles. The first kappa shape index (κ1) is 12.7. The topological polar surface area (TPSA) is 0 Å². The van der Waals surface area contributed by atoms with Crippen LogP contribution in [-0.2, 0) is 3.23 Å². The zero-order valence-corrected chi connectivity index (χ0v) is 14.2. The molecule has 0 unspecified atom stereocenters. The van der Waals surface area contributed by atoms with E-state index < -0.39 is 5.38 Å². The van der Waals surface area contributed by atoms with Gasteiger partial charge in [0.25, 0.3) is 0 Å². The van der Waals surface area contributed by atoms with E-state index in [0.29, 0.717) is 0 Å². The van der Waals surface area contributed by atoms with Crippen LogP contribution in [0.5, 0.6) is 0 Å². The van der Waals surface area contributed by atoms with Crippen molar-refractivity contribution < 1.29 is 0 Å². The highest BCUT2D eigenvalue weighted by Crippen LogP contribution is 2.58. The van der Waals surface area contributed by atoms with Gasteiger partial charge in [0.1, 0.15) is 3.23 Å². The van der Waals surface area contributed by atoms with Crippen molar-refractivity contribution in [1.82, 2.24) is 0 Å². The Morgan fingerprint density at radius 1 is 0.769 bits per heavy atom. The third-order valence-corrected chi connectivity index (χ3v) is 8.57. The van der Waals surface area contributed by atoms with Gasteiger partial charge in [0.05, 0.1) is 0 Å². The van der Waals surface area contributed by atoms with Gasteiger partial charge in [-0.2, -0.15) is 0 Å². The number of hydrogen-bond acceptors (Lipinski definition) is 0. The molecular formula is C8H5Br5. The van der Waals surface area contributed by atoms with Crippen LogP contribution in [0.2, 0.25) is 0 Å². The van der Waals surface area contributed by atoms with Crippen molar-refractivity contribution in [2.45, 2.75) is 5.38 Å². The van der Waals surface area contributed by atoms with E-state index in [1.807, 2.05) is 30.3 Å². The van der Waals surface area contributed by atoms with Crippen molar-refractivity contribution in [1.29, 1.82) is 0 Å². The van der Waals surface area contributed by atoms with E-state index in [2.05, 4.69) is 79.6 Å². The van der Waals surface area contributed by atoms with Crippen molar-refractivity contribution in [2.24, 2.45) is 0 Å². The third-order valence-electron chi connectivity index (χ3n) is 1.49. The molecular weight excluding hydrogens is 496 g/mol. The van der Waals surface area contributed by atoms with Crippen molar-refractivity contribution in [3.05, 3.63) is 35.9 Å². The number of alkyl halides is 5. The van der Waals surface area contributed by atoms with Gasteiger partial charge in [-0.3, -0.25) is 0 Å². The van der Waals surface area contributed by atoms with Gasteiger partial charge in [-0.15, -0.1) is 0 Å². The van der Waals surface area contributed by atoms with Crippen LogP contribution in [0.3, 0.4) is 0 Å². The van der Waals surface area contributed by atoms with E-state index in [1.165, 1.54) is 0 Å². The maximum atomic E-state index is 3.59. The van der Waals surface area contributed by atoms with Gasteiger partial charge in [-0.05, 0) is 5.56 Å². The molecule has 0 nitrogen and oxygen atoms in total. The first-order valence-corrected chi connectivity index (χ1v) is 7.32. The van der Waals surface area contributed by atoms with Gasteiger partial charge >= 0.3 is 0 Å². The fourth-order valence-corrected chi connectivity index (χ4v) is 2.03. The summed E-state index contributed by atoms with van der Waals surface area (Å²) in [6, 6.07) is 10.0. The van der Waals surface area contributed by atoms with Crippen molar-refractivity contribution in [3.8, 4) is 0 Å². The lowest BCUT2D eigenvalue weighted by atomic mass is 10.2.